The Balaban J connectivity index is 1.53. The standard InChI is InChI=1S/C22H25ClN2O2S/c1-15-10-11-17(23)12-20(15)25-21(26)14-28-19-9-5-8-18(13-19)24-22(27)16-6-3-2-4-7-16/h5,8-13,16H,2-4,6-7,14H2,1H3,(H,24,27)(H,25,26). The predicted molar refractivity (Wildman–Crippen MR) is 117 cm³/mol. The van der Waals surface area contributed by atoms with Crippen LogP contribution in [0.3, 0.4) is 0 Å². The SMILES string of the molecule is Cc1ccc(Cl)cc1NC(=O)CSc1cccc(NC(=O)C2CCCCC2)c1. The molecule has 0 heterocycles. The molecule has 3 rings (SSSR count). The number of nitrogens with one attached hydrogen (secondary N) is 2. The molecule has 0 atom stereocenters. The molecule has 0 spiro atoms. The minimum atomic E-state index is -0.0907. The summed E-state index contributed by atoms with van der Waals surface area (Å²) in [4.78, 5) is 25.6. The second-order valence-electron chi connectivity index (χ2n) is 7.15. The number of hydrogen-bond donors (Lipinski definition) is 2. The summed E-state index contributed by atoms with van der Waals surface area (Å²) < 4.78 is 0. The van der Waals surface area contributed by atoms with E-state index in [0.717, 1.165) is 47.5 Å². The molecule has 0 aliphatic heterocycles. The molecule has 6 heteroatoms. The van der Waals surface area contributed by atoms with Crippen LogP contribution in [0.5, 0.6) is 0 Å². The molecule has 2 amide bonds. The van der Waals surface area contributed by atoms with Crippen molar-refractivity contribution in [2.24, 2.45) is 5.92 Å². The summed E-state index contributed by atoms with van der Waals surface area (Å²) >= 11 is 7.44. The fourth-order valence-corrected chi connectivity index (χ4v) is 4.26. The van der Waals surface area contributed by atoms with Gasteiger partial charge in [-0.3, -0.25) is 9.59 Å². The van der Waals surface area contributed by atoms with Gasteiger partial charge in [-0.2, -0.15) is 0 Å². The average Bonchev–Trinajstić information content (AvgIpc) is 2.70. The van der Waals surface area contributed by atoms with Crippen molar-refractivity contribution in [3.63, 3.8) is 0 Å². The van der Waals surface area contributed by atoms with Gasteiger partial charge >= 0.3 is 0 Å². The van der Waals surface area contributed by atoms with Crippen molar-refractivity contribution < 1.29 is 9.59 Å². The predicted octanol–water partition coefficient (Wildman–Crippen LogP) is 5.90. The zero-order chi connectivity index (χ0) is 19.9. The maximum Gasteiger partial charge on any atom is 0.234 e. The van der Waals surface area contributed by atoms with Gasteiger partial charge in [0, 0.05) is 27.2 Å². The Morgan fingerprint density at radius 2 is 1.86 bits per heavy atom. The molecule has 148 valence electrons. The van der Waals surface area contributed by atoms with Crippen molar-refractivity contribution in [3.05, 3.63) is 53.1 Å². The van der Waals surface area contributed by atoms with Gasteiger partial charge in [0.05, 0.1) is 5.75 Å². The first-order chi connectivity index (χ1) is 13.5. The van der Waals surface area contributed by atoms with Gasteiger partial charge in [0.2, 0.25) is 11.8 Å². The summed E-state index contributed by atoms with van der Waals surface area (Å²) in [6.45, 7) is 1.93. The lowest BCUT2D eigenvalue weighted by Crippen LogP contribution is -2.24. The van der Waals surface area contributed by atoms with Gasteiger partial charge in [-0.05, 0) is 55.7 Å². The van der Waals surface area contributed by atoms with E-state index < -0.39 is 0 Å². The molecule has 28 heavy (non-hydrogen) atoms. The monoisotopic (exact) mass is 416 g/mol. The summed E-state index contributed by atoms with van der Waals surface area (Å²) in [5, 5.41) is 6.52. The minimum absolute atomic E-state index is 0.0907. The van der Waals surface area contributed by atoms with Crippen LogP contribution < -0.4 is 10.6 Å². The van der Waals surface area contributed by atoms with Crippen molar-refractivity contribution in [2.45, 2.75) is 43.9 Å². The van der Waals surface area contributed by atoms with Crippen LogP contribution in [0.25, 0.3) is 0 Å². The summed E-state index contributed by atoms with van der Waals surface area (Å²) in [5.41, 5.74) is 2.48. The van der Waals surface area contributed by atoms with Crippen LogP contribution in [-0.2, 0) is 9.59 Å². The largest absolute Gasteiger partial charge is 0.326 e. The van der Waals surface area contributed by atoms with Crippen molar-refractivity contribution in [3.8, 4) is 0 Å². The third kappa shape index (κ3) is 6.01. The summed E-state index contributed by atoms with van der Waals surface area (Å²) in [6.07, 6.45) is 5.45. The smallest absolute Gasteiger partial charge is 0.234 e. The van der Waals surface area contributed by atoms with Crippen LogP contribution in [-0.4, -0.2) is 17.6 Å². The number of carbonyl (C=O) groups is 2. The first-order valence-corrected chi connectivity index (χ1v) is 11.0. The summed E-state index contributed by atoms with van der Waals surface area (Å²) in [5.74, 6) is 0.422. The molecular weight excluding hydrogens is 392 g/mol. The zero-order valence-corrected chi connectivity index (χ0v) is 17.5. The number of hydrogen-bond acceptors (Lipinski definition) is 3. The number of rotatable bonds is 6. The highest BCUT2D eigenvalue weighted by atomic mass is 35.5. The van der Waals surface area contributed by atoms with Crippen LogP contribution >= 0.6 is 23.4 Å². The molecule has 1 aliphatic rings. The number of carbonyl (C=O) groups excluding carboxylic acids is 2. The summed E-state index contributed by atoms with van der Waals surface area (Å²) in [6, 6.07) is 13.1. The molecule has 1 fully saturated rings. The van der Waals surface area contributed by atoms with Gasteiger partial charge in [0.15, 0.2) is 0 Å². The van der Waals surface area contributed by atoms with E-state index in [2.05, 4.69) is 10.6 Å². The number of halogens is 1. The number of aryl methyl sites for hydroxylation is 1. The van der Waals surface area contributed by atoms with Crippen LogP contribution in [0.15, 0.2) is 47.4 Å². The molecule has 4 nitrogen and oxygen atoms in total. The maximum absolute atomic E-state index is 12.4. The average molecular weight is 417 g/mol. The lowest BCUT2D eigenvalue weighted by atomic mass is 9.88. The second kappa shape index (κ2) is 9.99. The molecule has 0 saturated heterocycles. The van der Waals surface area contributed by atoms with Crippen LogP contribution in [0.4, 0.5) is 11.4 Å². The third-order valence-electron chi connectivity index (χ3n) is 4.92. The highest BCUT2D eigenvalue weighted by Gasteiger charge is 2.21. The maximum atomic E-state index is 12.4. The van der Waals surface area contributed by atoms with Gasteiger partial charge in [-0.1, -0.05) is 43.0 Å². The fourth-order valence-electron chi connectivity index (χ4n) is 3.34. The van der Waals surface area contributed by atoms with E-state index in [1.807, 2.05) is 37.3 Å². The molecule has 1 aliphatic carbocycles. The number of amides is 2. The minimum Gasteiger partial charge on any atom is -0.326 e. The Bertz CT molecular complexity index is 850. The van der Waals surface area contributed by atoms with E-state index in [1.165, 1.54) is 18.2 Å². The van der Waals surface area contributed by atoms with Crippen molar-refractivity contribution in [1.29, 1.82) is 0 Å². The second-order valence-corrected chi connectivity index (χ2v) is 8.63. The quantitative estimate of drug-likeness (QED) is 0.576. The van der Waals surface area contributed by atoms with Gasteiger partial charge in [0.25, 0.3) is 0 Å². The van der Waals surface area contributed by atoms with E-state index >= 15 is 0 Å². The third-order valence-corrected chi connectivity index (χ3v) is 6.15. The Hall–Kier alpha value is -1.98. The molecule has 1 saturated carbocycles. The van der Waals surface area contributed by atoms with Crippen LogP contribution in [0.2, 0.25) is 5.02 Å². The molecule has 2 aromatic carbocycles. The molecule has 2 N–H and O–H groups in total. The fraction of sp³-hybridized carbons (Fsp3) is 0.364. The van der Waals surface area contributed by atoms with Crippen molar-refractivity contribution in [2.75, 3.05) is 16.4 Å². The Kier molecular flexibility index (Phi) is 7.40. The molecule has 0 radical (unpaired) electrons. The van der Waals surface area contributed by atoms with Gasteiger partial charge in [-0.25, -0.2) is 0 Å². The first-order valence-electron chi connectivity index (χ1n) is 9.61. The lowest BCUT2D eigenvalue weighted by molar-refractivity contribution is -0.120. The van der Waals surface area contributed by atoms with E-state index in [1.54, 1.807) is 12.1 Å². The van der Waals surface area contributed by atoms with E-state index in [-0.39, 0.29) is 23.5 Å². The number of benzene rings is 2. The Labute approximate surface area is 175 Å². The highest BCUT2D eigenvalue weighted by molar-refractivity contribution is 8.00. The number of anilines is 2. The van der Waals surface area contributed by atoms with Gasteiger partial charge < -0.3 is 10.6 Å². The normalized spacial score (nSPS) is 14.5. The highest BCUT2D eigenvalue weighted by Crippen LogP contribution is 2.27. The zero-order valence-electron chi connectivity index (χ0n) is 16.0. The Morgan fingerprint density at radius 1 is 1.07 bits per heavy atom. The summed E-state index contributed by atoms with van der Waals surface area (Å²) in [7, 11) is 0. The topological polar surface area (TPSA) is 58.2 Å². The molecule has 0 bridgehead atoms. The van der Waals surface area contributed by atoms with Gasteiger partial charge in [-0.15, -0.1) is 11.8 Å². The molecular formula is C22H25ClN2O2S. The molecule has 2 aromatic rings. The van der Waals surface area contributed by atoms with Crippen LogP contribution in [0, 0.1) is 12.8 Å². The van der Waals surface area contributed by atoms with E-state index in [0.29, 0.717) is 5.02 Å². The van der Waals surface area contributed by atoms with Gasteiger partial charge in [0.1, 0.15) is 0 Å². The van der Waals surface area contributed by atoms with E-state index in [9.17, 15) is 9.59 Å². The molecule has 0 unspecified atom stereocenters. The molecule has 0 aromatic heterocycles. The van der Waals surface area contributed by atoms with Crippen molar-refractivity contribution in [1.82, 2.24) is 0 Å². The lowest BCUT2D eigenvalue weighted by Gasteiger charge is -2.20. The Morgan fingerprint density at radius 3 is 2.64 bits per heavy atom. The first kappa shape index (κ1) is 20.7. The van der Waals surface area contributed by atoms with Crippen molar-refractivity contribution >= 4 is 46.6 Å². The van der Waals surface area contributed by atoms with Crippen LogP contribution in [0.1, 0.15) is 37.7 Å². The van der Waals surface area contributed by atoms with E-state index in [4.69, 9.17) is 11.6 Å². The number of thioether (sulfide) groups is 1.